The van der Waals surface area contributed by atoms with Crippen LogP contribution in [0.15, 0.2) is 0 Å². The number of nitrogens with two attached hydrogens (primary N) is 1. The van der Waals surface area contributed by atoms with E-state index in [-0.39, 0.29) is 6.10 Å². The van der Waals surface area contributed by atoms with Crippen LogP contribution in [0.5, 0.6) is 0 Å². The molecule has 0 aliphatic carbocycles. The third-order valence-corrected chi connectivity index (χ3v) is 2.79. The first-order chi connectivity index (χ1) is 5.65. The predicted octanol–water partition coefficient (Wildman–Crippen LogP) is 0.0363. The van der Waals surface area contributed by atoms with Crippen LogP contribution in [0.2, 0.25) is 0 Å². The summed E-state index contributed by atoms with van der Waals surface area (Å²) in [6, 6.07) is 0.540. The van der Waals surface area contributed by atoms with Gasteiger partial charge in [0.2, 0.25) is 0 Å². The van der Waals surface area contributed by atoms with Crippen molar-refractivity contribution in [2.24, 2.45) is 11.7 Å². The second kappa shape index (κ2) is 4.21. The molecule has 72 valence electrons. The summed E-state index contributed by atoms with van der Waals surface area (Å²) in [5.74, 6) is 0.319. The molecule has 12 heavy (non-hydrogen) atoms. The minimum atomic E-state index is -0.217. The van der Waals surface area contributed by atoms with Gasteiger partial charge in [-0.2, -0.15) is 0 Å². The number of β-amino-alcohol motifs (C(OH)–C–C–N with tert-alkyl or cyclic N) is 1. The summed E-state index contributed by atoms with van der Waals surface area (Å²) in [5, 5.41) is 9.67. The summed E-state index contributed by atoms with van der Waals surface area (Å²) in [6.45, 7) is 6.81. The molecule has 0 bridgehead atoms. The van der Waals surface area contributed by atoms with Crippen LogP contribution in [0.4, 0.5) is 0 Å². The van der Waals surface area contributed by atoms with Gasteiger partial charge in [-0.05, 0) is 39.3 Å². The molecule has 0 aromatic carbocycles. The Morgan fingerprint density at radius 3 is 2.67 bits per heavy atom. The minimum Gasteiger partial charge on any atom is -0.391 e. The maximum atomic E-state index is 9.67. The van der Waals surface area contributed by atoms with Gasteiger partial charge in [-0.1, -0.05) is 0 Å². The Morgan fingerprint density at radius 2 is 2.25 bits per heavy atom. The van der Waals surface area contributed by atoms with Gasteiger partial charge in [0.25, 0.3) is 0 Å². The number of piperidine rings is 1. The average molecular weight is 172 g/mol. The van der Waals surface area contributed by atoms with Crippen LogP contribution in [0, 0.1) is 5.92 Å². The fourth-order valence-electron chi connectivity index (χ4n) is 1.75. The third kappa shape index (κ3) is 2.19. The maximum absolute atomic E-state index is 9.67. The Bertz CT molecular complexity index is 138. The summed E-state index contributed by atoms with van der Waals surface area (Å²) in [4.78, 5) is 2.30. The smallest absolute Gasteiger partial charge is 0.0707 e. The summed E-state index contributed by atoms with van der Waals surface area (Å²) >= 11 is 0. The molecule has 0 spiro atoms. The average Bonchev–Trinajstić information content (AvgIpc) is 2.04. The molecule has 1 heterocycles. The van der Waals surface area contributed by atoms with Gasteiger partial charge in [-0.15, -0.1) is 0 Å². The maximum Gasteiger partial charge on any atom is 0.0707 e. The fraction of sp³-hybridized carbons (Fsp3) is 1.00. The fourth-order valence-corrected chi connectivity index (χ4v) is 1.75. The molecule has 0 aromatic heterocycles. The Balaban J connectivity index is 2.40. The quantitative estimate of drug-likeness (QED) is 0.618. The van der Waals surface area contributed by atoms with Crippen LogP contribution >= 0.6 is 0 Å². The van der Waals surface area contributed by atoms with Crippen molar-refractivity contribution in [3.63, 3.8) is 0 Å². The van der Waals surface area contributed by atoms with E-state index in [9.17, 15) is 5.11 Å². The largest absolute Gasteiger partial charge is 0.391 e. The molecule has 1 saturated heterocycles. The first-order valence-electron chi connectivity index (χ1n) is 4.77. The van der Waals surface area contributed by atoms with Crippen LogP contribution < -0.4 is 5.73 Å². The van der Waals surface area contributed by atoms with Crippen LogP contribution in [-0.4, -0.2) is 41.8 Å². The molecule has 1 aliphatic rings. The van der Waals surface area contributed by atoms with Crippen molar-refractivity contribution >= 4 is 0 Å². The van der Waals surface area contributed by atoms with E-state index in [1.165, 1.54) is 0 Å². The summed E-state index contributed by atoms with van der Waals surface area (Å²) in [7, 11) is 0. The topological polar surface area (TPSA) is 49.5 Å². The summed E-state index contributed by atoms with van der Waals surface area (Å²) < 4.78 is 0. The highest BCUT2D eigenvalue weighted by Gasteiger charge is 2.27. The molecule has 3 N–H and O–H groups in total. The zero-order valence-electron chi connectivity index (χ0n) is 8.03. The van der Waals surface area contributed by atoms with Gasteiger partial charge < -0.3 is 10.8 Å². The van der Waals surface area contributed by atoms with Crippen molar-refractivity contribution < 1.29 is 5.11 Å². The van der Waals surface area contributed by atoms with Crippen LogP contribution in [0.25, 0.3) is 0 Å². The standard InChI is InChI=1S/C9H20N2O/c1-7(2)11-4-3-8(5-10)9(12)6-11/h7-9,12H,3-6,10H2,1-2H3. The molecule has 3 heteroatoms. The van der Waals surface area contributed by atoms with E-state index in [0.717, 1.165) is 19.5 Å². The van der Waals surface area contributed by atoms with E-state index >= 15 is 0 Å². The number of rotatable bonds is 2. The molecule has 2 unspecified atom stereocenters. The molecule has 0 radical (unpaired) electrons. The molecule has 0 amide bonds. The van der Waals surface area contributed by atoms with E-state index < -0.39 is 0 Å². The van der Waals surface area contributed by atoms with Crippen LogP contribution in [0.3, 0.4) is 0 Å². The van der Waals surface area contributed by atoms with Crippen molar-refractivity contribution in [2.75, 3.05) is 19.6 Å². The van der Waals surface area contributed by atoms with Crippen molar-refractivity contribution in [1.29, 1.82) is 0 Å². The second-order valence-electron chi connectivity index (χ2n) is 3.94. The second-order valence-corrected chi connectivity index (χ2v) is 3.94. The van der Waals surface area contributed by atoms with Gasteiger partial charge >= 0.3 is 0 Å². The molecule has 1 aliphatic heterocycles. The van der Waals surface area contributed by atoms with Gasteiger partial charge in [0.1, 0.15) is 0 Å². The highest BCUT2D eigenvalue weighted by Crippen LogP contribution is 2.18. The number of hydrogen-bond acceptors (Lipinski definition) is 3. The van der Waals surface area contributed by atoms with Gasteiger partial charge in [0.15, 0.2) is 0 Å². The Morgan fingerprint density at radius 1 is 1.58 bits per heavy atom. The molecule has 0 aromatic rings. The van der Waals surface area contributed by atoms with Crippen molar-refractivity contribution in [3.05, 3.63) is 0 Å². The summed E-state index contributed by atoms with van der Waals surface area (Å²) in [5.41, 5.74) is 5.54. The Labute approximate surface area is 74.5 Å². The monoisotopic (exact) mass is 172 g/mol. The van der Waals surface area contributed by atoms with Gasteiger partial charge in [-0.25, -0.2) is 0 Å². The highest BCUT2D eigenvalue weighted by molar-refractivity contribution is 4.81. The van der Waals surface area contributed by atoms with Crippen molar-refractivity contribution in [2.45, 2.75) is 32.4 Å². The molecule has 1 rings (SSSR count). The number of aliphatic hydroxyl groups is 1. The van der Waals surface area contributed by atoms with E-state index in [4.69, 9.17) is 5.73 Å². The highest BCUT2D eigenvalue weighted by atomic mass is 16.3. The zero-order valence-corrected chi connectivity index (χ0v) is 8.03. The van der Waals surface area contributed by atoms with E-state index in [2.05, 4.69) is 18.7 Å². The molecule has 1 fully saturated rings. The zero-order chi connectivity index (χ0) is 9.14. The number of likely N-dealkylation sites (tertiary alicyclic amines) is 1. The molecule has 0 saturated carbocycles. The predicted molar refractivity (Wildman–Crippen MR) is 49.9 cm³/mol. The molecular formula is C9H20N2O. The number of nitrogens with zero attached hydrogens (tertiary/aromatic N) is 1. The molecular weight excluding hydrogens is 152 g/mol. The first-order valence-corrected chi connectivity index (χ1v) is 4.77. The van der Waals surface area contributed by atoms with E-state index in [1.54, 1.807) is 0 Å². The van der Waals surface area contributed by atoms with E-state index in [1.807, 2.05) is 0 Å². The van der Waals surface area contributed by atoms with Crippen molar-refractivity contribution in [1.82, 2.24) is 4.90 Å². The molecule has 3 nitrogen and oxygen atoms in total. The lowest BCUT2D eigenvalue weighted by atomic mass is 9.93. The summed E-state index contributed by atoms with van der Waals surface area (Å²) in [6.07, 6.45) is 0.821. The van der Waals surface area contributed by atoms with E-state index in [0.29, 0.717) is 18.5 Å². The van der Waals surface area contributed by atoms with Crippen molar-refractivity contribution in [3.8, 4) is 0 Å². The Kier molecular flexibility index (Phi) is 3.50. The molecule has 2 atom stereocenters. The number of hydrogen-bond donors (Lipinski definition) is 2. The van der Waals surface area contributed by atoms with Gasteiger partial charge in [0.05, 0.1) is 6.10 Å². The normalized spacial score (nSPS) is 32.8. The number of aliphatic hydroxyl groups excluding tert-OH is 1. The van der Waals surface area contributed by atoms with Gasteiger partial charge in [-0.3, -0.25) is 4.90 Å². The Hall–Kier alpha value is -0.120. The lowest BCUT2D eigenvalue weighted by molar-refractivity contribution is 0.0129. The first kappa shape index (κ1) is 9.96. The van der Waals surface area contributed by atoms with Crippen LogP contribution in [-0.2, 0) is 0 Å². The lowest BCUT2D eigenvalue weighted by Gasteiger charge is -2.37. The van der Waals surface area contributed by atoms with Gasteiger partial charge in [0, 0.05) is 12.6 Å². The SMILES string of the molecule is CC(C)N1CCC(CN)C(O)C1. The minimum absolute atomic E-state index is 0.217. The third-order valence-electron chi connectivity index (χ3n) is 2.79. The lowest BCUT2D eigenvalue weighted by Crippen LogP contribution is -2.48. The van der Waals surface area contributed by atoms with Crippen LogP contribution in [0.1, 0.15) is 20.3 Å².